The lowest BCUT2D eigenvalue weighted by atomic mass is 10.1. The number of benzene rings is 1. The van der Waals surface area contributed by atoms with Crippen LogP contribution in [0.1, 0.15) is 20.8 Å². The van der Waals surface area contributed by atoms with Crippen LogP contribution in [0.25, 0.3) is 0 Å². The van der Waals surface area contributed by atoms with Crippen LogP contribution in [0.15, 0.2) is 34.5 Å². The normalized spacial score (nSPS) is 11.3. The SMILES string of the molecule is Cc1ccc(NS(=O)(=O)c2csc(C(=O)O)c2)c(C)c1. The van der Waals surface area contributed by atoms with Crippen molar-refractivity contribution in [3.8, 4) is 0 Å². The van der Waals surface area contributed by atoms with Crippen molar-refractivity contribution in [3.63, 3.8) is 0 Å². The standard InChI is InChI=1S/C13H13NO4S2/c1-8-3-4-11(9(2)5-8)14-20(17,18)10-6-12(13(15)16)19-7-10/h3-7,14H,1-2H3,(H,15,16). The van der Waals surface area contributed by atoms with Crippen molar-refractivity contribution in [1.29, 1.82) is 0 Å². The maximum atomic E-state index is 12.2. The lowest BCUT2D eigenvalue weighted by molar-refractivity contribution is 0.0702. The van der Waals surface area contributed by atoms with E-state index < -0.39 is 16.0 Å². The smallest absolute Gasteiger partial charge is 0.345 e. The van der Waals surface area contributed by atoms with Gasteiger partial charge in [-0.25, -0.2) is 13.2 Å². The molecule has 0 radical (unpaired) electrons. The molecule has 0 saturated carbocycles. The maximum absolute atomic E-state index is 12.2. The molecule has 0 saturated heterocycles. The number of carboxylic acids is 1. The predicted molar refractivity (Wildman–Crippen MR) is 78.0 cm³/mol. The first-order valence-electron chi connectivity index (χ1n) is 5.71. The van der Waals surface area contributed by atoms with Gasteiger partial charge in [0.05, 0.1) is 10.6 Å². The van der Waals surface area contributed by atoms with Crippen LogP contribution in [-0.4, -0.2) is 19.5 Å². The molecular weight excluding hydrogens is 298 g/mol. The highest BCUT2D eigenvalue weighted by atomic mass is 32.2. The van der Waals surface area contributed by atoms with Gasteiger partial charge in [-0.3, -0.25) is 4.72 Å². The van der Waals surface area contributed by atoms with E-state index in [-0.39, 0.29) is 9.77 Å². The van der Waals surface area contributed by atoms with Gasteiger partial charge in [0.15, 0.2) is 0 Å². The number of rotatable bonds is 4. The Balaban J connectivity index is 2.33. The van der Waals surface area contributed by atoms with Crippen molar-refractivity contribution in [2.75, 3.05) is 4.72 Å². The summed E-state index contributed by atoms with van der Waals surface area (Å²) in [4.78, 5) is 10.7. The van der Waals surface area contributed by atoms with E-state index in [1.54, 1.807) is 19.1 Å². The summed E-state index contributed by atoms with van der Waals surface area (Å²) in [5.74, 6) is -1.14. The van der Waals surface area contributed by atoms with Crippen LogP contribution < -0.4 is 4.72 Å². The second kappa shape index (κ2) is 5.26. The quantitative estimate of drug-likeness (QED) is 0.909. The molecule has 0 atom stereocenters. The van der Waals surface area contributed by atoms with Crippen LogP contribution in [-0.2, 0) is 10.0 Å². The molecule has 0 spiro atoms. The third kappa shape index (κ3) is 3.00. The van der Waals surface area contributed by atoms with E-state index in [2.05, 4.69) is 4.72 Å². The molecule has 2 N–H and O–H groups in total. The number of sulfonamides is 1. The van der Waals surface area contributed by atoms with Gasteiger partial charge >= 0.3 is 5.97 Å². The number of nitrogens with one attached hydrogen (secondary N) is 1. The summed E-state index contributed by atoms with van der Waals surface area (Å²) in [7, 11) is -3.76. The molecule has 7 heteroatoms. The Bertz CT molecular complexity index is 762. The van der Waals surface area contributed by atoms with E-state index in [4.69, 9.17) is 5.11 Å². The molecule has 0 amide bonds. The topological polar surface area (TPSA) is 83.5 Å². The van der Waals surface area contributed by atoms with Gasteiger partial charge in [0.1, 0.15) is 4.88 Å². The van der Waals surface area contributed by atoms with Crippen molar-refractivity contribution in [1.82, 2.24) is 0 Å². The summed E-state index contributed by atoms with van der Waals surface area (Å²) in [5.41, 5.74) is 2.33. The molecule has 1 heterocycles. The Kier molecular flexibility index (Phi) is 3.82. The minimum Gasteiger partial charge on any atom is -0.477 e. The molecule has 1 aromatic heterocycles. The van der Waals surface area contributed by atoms with Gasteiger partial charge in [-0.05, 0) is 31.5 Å². The molecule has 20 heavy (non-hydrogen) atoms. The second-order valence-corrected chi connectivity index (χ2v) is 6.97. The number of aromatic carboxylic acids is 1. The number of aryl methyl sites for hydroxylation is 2. The first kappa shape index (κ1) is 14.5. The lowest BCUT2D eigenvalue weighted by Gasteiger charge is -2.09. The van der Waals surface area contributed by atoms with Gasteiger partial charge in [0.2, 0.25) is 0 Å². The van der Waals surface area contributed by atoms with E-state index in [9.17, 15) is 13.2 Å². The molecule has 0 bridgehead atoms. The van der Waals surface area contributed by atoms with Gasteiger partial charge in [-0.1, -0.05) is 17.7 Å². The number of hydrogen-bond donors (Lipinski definition) is 2. The molecular formula is C13H13NO4S2. The average molecular weight is 311 g/mol. The van der Waals surface area contributed by atoms with Crippen LogP contribution in [0.5, 0.6) is 0 Å². The largest absolute Gasteiger partial charge is 0.477 e. The van der Waals surface area contributed by atoms with Crippen LogP contribution in [0.2, 0.25) is 0 Å². The fourth-order valence-electron chi connectivity index (χ4n) is 1.70. The Hall–Kier alpha value is -1.86. The van der Waals surface area contributed by atoms with Gasteiger partial charge in [-0.2, -0.15) is 0 Å². The van der Waals surface area contributed by atoms with E-state index in [1.165, 1.54) is 5.38 Å². The van der Waals surface area contributed by atoms with Crippen molar-refractivity contribution >= 4 is 33.0 Å². The summed E-state index contributed by atoms with van der Waals surface area (Å²) >= 11 is 0.883. The summed E-state index contributed by atoms with van der Waals surface area (Å²) in [6.45, 7) is 3.73. The molecule has 0 aliphatic rings. The Labute approximate surface area is 120 Å². The second-order valence-electron chi connectivity index (χ2n) is 4.38. The third-order valence-corrected chi connectivity index (χ3v) is 5.14. The molecule has 0 unspecified atom stereocenters. The van der Waals surface area contributed by atoms with Gasteiger partial charge in [-0.15, -0.1) is 11.3 Å². The first-order chi connectivity index (χ1) is 9.29. The number of anilines is 1. The summed E-state index contributed by atoms with van der Waals surface area (Å²) < 4.78 is 26.8. The molecule has 0 fully saturated rings. The zero-order valence-electron chi connectivity index (χ0n) is 10.9. The van der Waals surface area contributed by atoms with Crippen LogP contribution in [0.3, 0.4) is 0 Å². The highest BCUT2D eigenvalue weighted by molar-refractivity contribution is 7.92. The number of carboxylic acid groups (broad SMARTS) is 1. The summed E-state index contributed by atoms with van der Waals surface area (Å²) in [5, 5.41) is 10.1. The number of carbonyl (C=O) groups is 1. The van der Waals surface area contributed by atoms with Crippen molar-refractivity contribution in [3.05, 3.63) is 45.6 Å². The molecule has 5 nitrogen and oxygen atoms in total. The summed E-state index contributed by atoms with van der Waals surface area (Å²) in [6, 6.07) is 6.51. The van der Waals surface area contributed by atoms with Crippen molar-refractivity contribution in [2.45, 2.75) is 18.7 Å². The molecule has 1 aromatic carbocycles. The average Bonchev–Trinajstić information content (AvgIpc) is 2.83. The third-order valence-electron chi connectivity index (χ3n) is 2.72. The Morgan fingerprint density at radius 1 is 1.25 bits per heavy atom. The van der Waals surface area contributed by atoms with Crippen LogP contribution >= 0.6 is 11.3 Å². The van der Waals surface area contributed by atoms with Crippen LogP contribution in [0.4, 0.5) is 5.69 Å². The summed E-state index contributed by atoms with van der Waals surface area (Å²) in [6.07, 6.45) is 0. The fraction of sp³-hybridized carbons (Fsp3) is 0.154. The van der Waals surface area contributed by atoms with Crippen LogP contribution in [0, 0.1) is 13.8 Å². The monoisotopic (exact) mass is 311 g/mol. The van der Waals surface area contributed by atoms with E-state index in [1.807, 2.05) is 13.0 Å². The lowest BCUT2D eigenvalue weighted by Crippen LogP contribution is -2.13. The number of hydrogen-bond acceptors (Lipinski definition) is 4. The zero-order chi connectivity index (χ0) is 14.9. The van der Waals surface area contributed by atoms with E-state index in [0.717, 1.165) is 28.5 Å². The molecule has 106 valence electrons. The van der Waals surface area contributed by atoms with Crippen molar-refractivity contribution in [2.24, 2.45) is 0 Å². The molecule has 2 rings (SSSR count). The minimum atomic E-state index is -3.76. The Morgan fingerprint density at radius 3 is 2.50 bits per heavy atom. The maximum Gasteiger partial charge on any atom is 0.345 e. The minimum absolute atomic E-state index is 0.00833. The zero-order valence-corrected chi connectivity index (χ0v) is 12.5. The number of thiophene rings is 1. The highest BCUT2D eigenvalue weighted by Crippen LogP contribution is 2.24. The highest BCUT2D eigenvalue weighted by Gasteiger charge is 2.19. The van der Waals surface area contributed by atoms with Crippen molar-refractivity contribution < 1.29 is 18.3 Å². The van der Waals surface area contributed by atoms with E-state index >= 15 is 0 Å². The van der Waals surface area contributed by atoms with Gasteiger partial charge in [0.25, 0.3) is 10.0 Å². The molecule has 0 aliphatic carbocycles. The fourth-order valence-corrected chi connectivity index (χ4v) is 3.95. The van der Waals surface area contributed by atoms with Gasteiger partial charge in [0, 0.05) is 5.38 Å². The predicted octanol–water partition coefficient (Wildman–Crippen LogP) is 2.86. The first-order valence-corrected chi connectivity index (χ1v) is 8.08. The van der Waals surface area contributed by atoms with E-state index in [0.29, 0.717) is 5.69 Å². The molecule has 0 aliphatic heterocycles. The van der Waals surface area contributed by atoms with Gasteiger partial charge < -0.3 is 5.11 Å². The molecule has 2 aromatic rings. The Morgan fingerprint density at radius 2 is 1.95 bits per heavy atom.